The van der Waals surface area contributed by atoms with Crippen molar-refractivity contribution in [3.05, 3.63) is 64.7 Å². The number of nitrogens with one attached hydrogen (secondary N) is 2. The van der Waals surface area contributed by atoms with Crippen molar-refractivity contribution in [1.29, 1.82) is 0 Å². The second-order valence-corrected chi connectivity index (χ2v) is 6.97. The van der Waals surface area contributed by atoms with E-state index >= 15 is 0 Å². The summed E-state index contributed by atoms with van der Waals surface area (Å²) in [6, 6.07) is 13.7. The second-order valence-electron chi connectivity index (χ2n) is 6.97. The van der Waals surface area contributed by atoms with Crippen molar-refractivity contribution in [3.8, 4) is 11.5 Å². The number of benzene rings is 2. The van der Waals surface area contributed by atoms with Crippen LogP contribution in [0.5, 0.6) is 11.5 Å². The van der Waals surface area contributed by atoms with Gasteiger partial charge in [0.1, 0.15) is 12.4 Å². The zero-order valence-electron chi connectivity index (χ0n) is 16.8. The molecule has 0 unspecified atom stereocenters. The highest BCUT2D eigenvalue weighted by molar-refractivity contribution is 5.98. The molecule has 2 heterocycles. The number of nitrogens with zero attached hydrogens (tertiary/aromatic N) is 1. The number of rotatable bonds is 6. The zero-order chi connectivity index (χ0) is 22.5. The Balaban J connectivity index is 1.22. The number of ether oxygens (including phenoxy) is 3. The Bertz CT molecular complexity index is 1240. The van der Waals surface area contributed by atoms with Crippen molar-refractivity contribution in [2.45, 2.75) is 18.9 Å². The van der Waals surface area contributed by atoms with Crippen LogP contribution in [-0.4, -0.2) is 47.1 Å². The number of carbonyl (C=O) groups excluding carboxylic acids is 3. The lowest BCUT2D eigenvalue weighted by molar-refractivity contribution is -0.150. The van der Waals surface area contributed by atoms with Crippen LogP contribution < -0.4 is 20.3 Å². The first kappa shape index (κ1) is 21.0. The number of aryl methyl sites for hydroxylation is 1. The number of imide groups is 1. The minimum atomic E-state index is -1.000. The average molecular weight is 437 g/mol. The van der Waals surface area contributed by atoms with Crippen LogP contribution in [0.15, 0.2) is 53.3 Å². The lowest BCUT2D eigenvalue weighted by Gasteiger charge is -2.25. The maximum Gasteiger partial charge on any atom is 0.306 e. The van der Waals surface area contributed by atoms with E-state index in [0.717, 1.165) is 0 Å². The summed E-state index contributed by atoms with van der Waals surface area (Å²) < 4.78 is 15.8. The molecule has 2 N–H and O–H groups in total. The molecule has 32 heavy (non-hydrogen) atoms. The maximum atomic E-state index is 12.2. The fourth-order valence-corrected chi connectivity index (χ4v) is 3.09. The molecule has 0 fully saturated rings. The van der Waals surface area contributed by atoms with Gasteiger partial charge in [-0.15, -0.1) is 0 Å². The van der Waals surface area contributed by atoms with Gasteiger partial charge in [-0.2, -0.15) is 0 Å². The van der Waals surface area contributed by atoms with Crippen LogP contribution in [0.1, 0.15) is 12.2 Å². The highest BCUT2D eigenvalue weighted by Crippen LogP contribution is 2.30. The SMILES string of the molecule is O=C(COC(=O)CCc1nc2ccccc2c(=O)[nH]1)NC(=O)[C@H]1COc2ccccc2O1. The van der Waals surface area contributed by atoms with Gasteiger partial charge in [-0.1, -0.05) is 24.3 Å². The lowest BCUT2D eigenvalue weighted by Crippen LogP contribution is -2.47. The monoisotopic (exact) mass is 437 g/mol. The Morgan fingerprint density at radius 1 is 1.09 bits per heavy atom. The Hall–Kier alpha value is -4.21. The van der Waals surface area contributed by atoms with Gasteiger partial charge >= 0.3 is 5.97 Å². The Kier molecular flexibility index (Phi) is 6.11. The van der Waals surface area contributed by atoms with Crippen molar-refractivity contribution in [2.24, 2.45) is 0 Å². The molecule has 0 aliphatic carbocycles. The molecule has 4 rings (SSSR count). The fourth-order valence-electron chi connectivity index (χ4n) is 3.09. The quantitative estimate of drug-likeness (QED) is 0.543. The lowest BCUT2D eigenvalue weighted by atomic mass is 10.2. The van der Waals surface area contributed by atoms with Gasteiger partial charge in [0, 0.05) is 6.42 Å². The number of hydrogen-bond acceptors (Lipinski definition) is 8. The minimum absolute atomic E-state index is 0.0487. The molecule has 1 aromatic heterocycles. The zero-order valence-corrected chi connectivity index (χ0v) is 16.8. The summed E-state index contributed by atoms with van der Waals surface area (Å²) in [4.78, 5) is 55.0. The summed E-state index contributed by atoms with van der Waals surface area (Å²) in [6.45, 7) is -0.677. The maximum absolute atomic E-state index is 12.2. The average Bonchev–Trinajstić information content (AvgIpc) is 2.81. The Morgan fingerprint density at radius 2 is 1.84 bits per heavy atom. The molecule has 0 radical (unpaired) electrons. The summed E-state index contributed by atoms with van der Waals surface area (Å²) >= 11 is 0. The van der Waals surface area contributed by atoms with Crippen LogP contribution in [0.2, 0.25) is 0 Å². The van der Waals surface area contributed by atoms with Crippen molar-refractivity contribution in [2.75, 3.05) is 13.2 Å². The number of amides is 2. The molecule has 1 atom stereocenters. The molecule has 0 bridgehead atoms. The number of esters is 1. The fraction of sp³-hybridized carbons (Fsp3) is 0.227. The van der Waals surface area contributed by atoms with E-state index < -0.39 is 30.5 Å². The molecule has 2 amide bonds. The van der Waals surface area contributed by atoms with Crippen LogP contribution >= 0.6 is 0 Å². The van der Waals surface area contributed by atoms with E-state index in [1.165, 1.54) is 0 Å². The van der Waals surface area contributed by atoms with Crippen molar-refractivity contribution < 1.29 is 28.6 Å². The third-order valence-electron chi connectivity index (χ3n) is 4.66. The minimum Gasteiger partial charge on any atom is -0.485 e. The van der Waals surface area contributed by atoms with E-state index in [9.17, 15) is 19.2 Å². The molecule has 0 saturated carbocycles. The van der Waals surface area contributed by atoms with E-state index in [4.69, 9.17) is 14.2 Å². The number of aromatic amines is 1. The molecular formula is C22H19N3O7. The molecule has 10 heteroatoms. The summed E-state index contributed by atoms with van der Waals surface area (Å²) in [5, 5.41) is 2.57. The van der Waals surface area contributed by atoms with Crippen LogP contribution in [0.25, 0.3) is 10.9 Å². The van der Waals surface area contributed by atoms with E-state index in [1.807, 2.05) is 0 Å². The molecule has 2 aromatic carbocycles. The first-order chi connectivity index (χ1) is 15.5. The number of aromatic nitrogens is 2. The first-order valence-electron chi connectivity index (χ1n) is 9.85. The standard InChI is InChI=1S/C22H19N3O7/c26-19(25-22(29)17-11-30-15-7-3-4-8-16(15)32-17)12-31-20(27)10-9-18-23-14-6-2-1-5-13(14)21(28)24-18/h1-8,17H,9-12H2,(H,23,24,28)(H,25,26,29)/t17-/m1/s1. The van der Waals surface area contributed by atoms with E-state index in [-0.39, 0.29) is 25.0 Å². The number of fused-ring (bicyclic) bond motifs is 2. The highest BCUT2D eigenvalue weighted by atomic mass is 16.6. The molecule has 1 aliphatic rings. The number of H-pyrrole nitrogens is 1. The van der Waals surface area contributed by atoms with Crippen LogP contribution in [0, 0.1) is 0 Å². The molecule has 0 spiro atoms. The first-order valence-corrected chi connectivity index (χ1v) is 9.85. The van der Waals surface area contributed by atoms with Gasteiger partial charge in [-0.05, 0) is 24.3 Å². The van der Waals surface area contributed by atoms with E-state index in [1.54, 1.807) is 48.5 Å². The van der Waals surface area contributed by atoms with Gasteiger partial charge in [-0.3, -0.25) is 24.5 Å². The van der Waals surface area contributed by atoms with Crippen molar-refractivity contribution in [1.82, 2.24) is 15.3 Å². The molecular weight excluding hydrogens is 418 g/mol. The molecule has 1 aliphatic heterocycles. The van der Waals surface area contributed by atoms with Gasteiger partial charge in [0.25, 0.3) is 17.4 Å². The summed E-state index contributed by atoms with van der Waals surface area (Å²) in [5.41, 5.74) is 0.224. The summed E-state index contributed by atoms with van der Waals surface area (Å²) in [7, 11) is 0. The third-order valence-corrected chi connectivity index (χ3v) is 4.66. The molecule has 0 saturated heterocycles. The van der Waals surface area contributed by atoms with Crippen LogP contribution in [0.3, 0.4) is 0 Å². The highest BCUT2D eigenvalue weighted by Gasteiger charge is 2.28. The van der Waals surface area contributed by atoms with Gasteiger partial charge in [0.2, 0.25) is 6.10 Å². The van der Waals surface area contributed by atoms with E-state index in [0.29, 0.717) is 28.2 Å². The van der Waals surface area contributed by atoms with Gasteiger partial charge < -0.3 is 19.2 Å². The van der Waals surface area contributed by atoms with Crippen molar-refractivity contribution in [3.63, 3.8) is 0 Å². The van der Waals surface area contributed by atoms with E-state index in [2.05, 4.69) is 15.3 Å². The molecule has 3 aromatic rings. The van der Waals surface area contributed by atoms with Gasteiger partial charge in [0.15, 0.2) is 18.1 Å². The largest absolute Gasteiger partial charge is 0.485 e. The smallest absolute Gasteiger partial charge is 0.306 e. The predicted molar refractivity (Wildman–Crippen MR) is 111 cm³/mol. The second kappa shape index (κ2) is 9.29. The van der Waals surface area contributed by atoms with Crippen LogP contribution in [-0.2, 0) is 25.5 Å². The Morgan fingerprint density at radius 3 is 2.69 bits per heavy atom. The van der Waals surface area contributed by atoms with Gasteiger partial charge in [0.05, 0.1) is 17.3 Å². The normalized spacial score (nSPS) is 14.6. The predicted octanol–water partition coefficient (Wildman–Crippen LogP) is 0.882. The number of para-hydroxylation sites is 3. The summed E-state index contributed by atoms with van der Waals surface area (Å²) in [5.74, 6) is -0.909. The molecule has 164 valence electrons. The molecule has 10 nitrogen and oxygen atoms in total. The van der Waals surface area contributed by atoms with Crippen LogP contribution in [0.4, 0.5) is 0 Å². The topological polar surface area (TPSA) is 137 Å². The Labute approximate surface area is 181 Å². The van der Waals surface area contributed by atoms with Gasteiger partial charge in [-0.25, -0.2) is 4.98 Å². The number of carbonyl (C=O) groups is 3. The number of hydrogen-bond donors (Lipinski definition) is 2. The summed E-state index contributed by atoms with van der Waals surface area (Å²) in [6.07, 6.45) is -0.967. The third kappa shape index (κ3) is 4.91. The van der Waals surface area contributed by atoms with Crippen molar-refractivity contribution >= 4 is 28.7 Å².